The molecule has 1 N–H and O–H groups in total. The summed E-state index contributed by atoms with van der Waals surface area (Å²) >= 11 is 6.71. The van der Waals surface area contributed by atoms with Crippen molar-refractivity contribution >= 4 is 50.7 Å². The van der Waals surface area contributed by atoms with Crippen LogP contribution in [-0.2, 0) is 4.79 Å². The van der Waals surface area contributed by atoms with E-state index in [2.05, 4.69) is 21.9 Å². The third-order valence-electron chi connectivity index (χ3n) is 6.26. The molecule has 0 unspecified atom stereocenters. The van der Waals surface area contributed by atoms with Crippen molar-refractivity contribution in [2.45, 2.75) is 18.9 Å². The fraction of sp³-hybridized carbons (Fsp3) is 0.222. The number of carbonyl (C=O) groups is 1. The average molecular weight is 489 g/mol. The van der Waals surface area contributed by atoms with Crippen LogP contribution in [0.1, 0.15) is 12.8 Å². The number of benzene rings is 3. The molecule has 5 rings (SSSR count). The molecule has 2 heterocycles. The summed E-state index contributed by atoms with van der Waals surface area (Å²) in [6.45, 7) is 4.82. The van der Waals surface area contributed by atoms with Crippen molar-refractivity contribution in [2.24, 2.45) is 0 Å². The molecule has 0 bridgehead atoms. The molecule has 3 aromatic carbocycles. The summed E-state index contributed by atoms with van der Waals surface area (Å²) in [5, 5.41) is 6.81. The zero-order valence-corrected chi connectivity index (χ0v) is 20.1. The van der Waals surface area contributed by atoms with E-state index in [1.807, 2.05) is 48.5 Å². The van der Waals surface area contributed by atoms with Crippen molar-refractivity contribution in [3.8, 4) is 11.5 Å². The molecule has 1 fully saturated rings. The lowest BCUT2D eigenvalue weighted by Crippen LogP contribution is -2.41. The van der Waals surface area contributed by atoms with Crippen molar-refractivity contribution in [1.82, 2.24) is 14.9 Å². The maximum Gasteiger partial charge on any atom is 0.245 e. The molecule has 1 aliphatic rings. The lowest BCUT2D eigenvalue weighted by molar-refractivity contribution is -0.127. The Morgan fingerprint density at radius 1 is 1.11 bits per heavy atom. The second-order valence-corrected chi connectivity index (χ2v) is 8.74. The van der Waals surface area contributed by atoms with Gasteiger partial charge in [-0.05, 0) is 23.6 Å². The topological polar surface area (TPSA) is 76.6 Å². The van der Waals surface area contributed by atoms with Gasteiger partial charge in [0.1, 0.15) is 18.2 Å². The van der Waals surface area contributed by atoms with Gasteiger partial charge in [-0.2, -0.15) is 0 Å². The van der Waals surface area contributed by atoms with Crippen molar-refractivity contribution in [3.63, 3.8) is 0 Å². The van der Waals surface area contributed by atoms with Crippen LogP contribution >= 0.6 is 11.6 Å². The third kappa shape index (κ3) is 4.59. The van der Waals surface area contributed by atoms with E-state index in [4.69, 9.17) is 21.1 Å². The Kier molecular flexibility index (Phi) is 6.42. The maximum absolute atomic E-state index is 11.9. The van der Waals surface area contributed by atoms with Crippen molar-refractivity contribution in [3.05, 3.63) is 72.5 Å². The Labute approximate surface area is 208 Å². The quantitative estimate of drug-likeness (QED) is 0.348. The molecule has 1 saturated heterocycles. The predicted molar refractivity (Wildman–Crippen MR) is 139 cm³/mol. The highest BCUT2D eigenvalue weighted by atomic mass is 35.5. The van der Waals surface area contributed by atoms with Crippen LogP contribution in [-0.4, -0.2) is 47.1 Å². The molecule has 0 aliphatic carbocycles. The fourth-order valence-electron chi connectivity index (χ4n) is 4.38. The van der Waals surface area contributed by atoms with Gasteiger partial charge < -0.3 is 19.7 Å². The molecule has 1 aliphatic heterocycles. The number of methoxy groups -OCH3 is 1. The van der Waals surface area contributed by atoms with Gasteiger partial charge >= 0.3 is 0 Å². The molecule has 1 amide bonds. The van der Waals surface area contributed by atoms with E-state index in [0.29, 0.717) is 35.4 Å². The van der Waals surface area contributed by atoms with E-state index in [9.17, 15) is 4.79 Å². The second kappa shape index (κ2) is 9.80. The van der Waals surface area contributed by atoms with Gasteiger partial charge in [0, 0.05) is 42.8 Å². The molecule has 0 saturated carbocycles. The first-order valence-corrected chi connectivity index (χ1v) is 11.8. The van der Waals surface area contributed by atoms with E-state index in [-0.39, 0.29) is 12.0 Å². The number of anilines is 2. The Bertz CT molecular complexity index is 1420. The Hall–Kier alpha value is -3.84. The van der Waals surface area contributed by atoms with E-state index >= 15 is 0 Å². The number of amides is 1. The summed E-state index contributed by atoms with van der Waals surface area (Å²) < 4.78 is 11.9. The molecule has 8 heteroatoms. The summed E-state index contributed by atoms with van der Waals surface area (Å²) in [5.74, 6) is 1.77. The molecular weight excluding hydrogens is 464 g/mol. The second-order valence-electron chi connectivity index (χ2n) is 8.36. The highest BCUT2D eigenvalue weighted by Gasteiger charge is 2.24. The largest absolute Gasteiger partial charge is 0.493 e. The molecular formula is C27H25ClN4O3. The lowest BCUT2D eigenvalue weighted by Gasteiger charge is -2.31. The standard InChI is InChI=1S/C27H25ClN4O3/c1-3-25(33)32-12-10-18(11-13-32)35-24-14-20-22(15-23(24)34-2)29-16-30-27(20)31-21-9-8-17-6-4-5-7-19(17)26(21)28/h3-9,14-16,18H,1,10-13H2,2H3,(H,29,30,31). The normalized spacial score (nSPS) is 14.2. The van der Waals surface area contributed by atoms with Gasteiger partial charge in [0.15, 0.2) is 11.5 Å². The van der Waals surface area contributed by atoms with E-state index < -0.39 is 0 Å². The van der Waals surface area contributed by atoms with Crippen molar-refractivity contribution < 1.29 is 14.3 Å². The first-order valence-electron chi connectivity index (χ1n) is 11.4. The van der Waals surface area contributed by atoms with Gasteiger partial charge in [-0.25, -0.2) is 9.97 Å². The van der Waals surface area contributed by atoms with Gasteiger partial charge in [0.2, 0.25) is 5.91 Å². The molecule has 7 nitrogen and oxygen atoms in total. The Balaban J connectivity index is 1.45. The summed E-state index contributed by atoms with van der Waals surface area (Å²) in [6.07, 6.45) is 4.27. The molecule has 0 spiro atoms. The SMILES string of the molecule is C=CC(=O)N1CCC(Oc2cc3c(Nc4ccc5ccccc5c4Cl)ncnc3cc2OC)CC1. The number of hydrogen-bond donors (Lipinski definition) is 1. The number of nitrogens with one attached hydrogen (secondary N) is 1. The number of hydrogen-bond acceptors (Lipinski definition) is 6. The van der Waals surface area contributed by atoms with E-state index in [0.717, 1.165) is 40.2 Å². The van der Waals surface area contributed by atoms with Gasteiger partial charge in [-0.15, -0.1) is 0 Å². The molecule has 178 valence electrons. The van der Waals surface area contributed by atoms with E-state index in [1.54, 1.807) is 12.0 Å². The van der Waals surface area contributed by atoms with Gasteiger partial charge in [0.25, 0.3) is 0 Å². The zero-order chi connectivity index (χ0) is 24.4. The van der Waals surface area contributed by atoms with E-state index in [1.165, 1.54) is 12.4 Å². The van der Waals surface area contributed by atoms with Gasteiger partial charge in [0.05, 0.1) is 23.3 Å². The maximum atomic E-state index is 11.9. The number of rotatable bonds is 6. The van der Waals surface area contributed by atoms with Crippen LogP contribution in [0, 0.1) is 0 Å². The number of halogens is 1. The molecule has 4 aromatic rings. The first-order chi connectivity index (χ1) is 17.1. The predicted octanol–water partition coefficient (Wildman–Crippen LogP) is 5.74. The zero-order valence-electron chi connectivity index (χ0n) is 19.3. The monoisotopic (exact) mass is 488 g/mol. The minimum absolute atomic E-state index is 0.0359. The Morgan fingerprint density at radius 2 is 1.91 bits per heavy atom. The van der Waals surface area contributed by atoms with Crippen LogP contribution in [0.4, 0.5) is 11.5 Å². The van der Waals surface area contributed by atoms with Gasteiger partial charge in [-0.3, -0.25) is 4.79 Å². The Morgan fingerprint density at radius 3 is 2.69 bits per heavy atom. The third-order valence-corrected chi connectivity index (χ3v) is 6.67. The average Bonchev–Trinajstić information content (AvgIpc) is 2.90. The number of nitrogens with zero attached hydrogens (tertiary/aromatic N) is 3. The number of piperidine rings is 1. The molecule has 1 aromatic heterocycles. The molecule has 35 heavy (non-hydrogen) atoms. The van der Waals surface area contributed by atoms with Crippen molar-refractivity contribution in [1.29, 1.82) is 0 Å². The van der Waals surface area contributed by atoms with Gasteiger partial charge in [-0.1, -0.05) is 48.5 Å². The smallest absolute Gasteiger partial charge is 0.245 e. The van der Waals surface area contributed by atoms with Crippen LogP contribution in [0.2, 0.25) is 5.02 Å². The first kappa shape index (κ1) is 22.9. The number of carbonyl (C=O) groups excluding carboxylic acids is 1. The lowest BCUT2D eigenvalue weighted by atomic mass is 10.1. The van der Waals surface area contributed by atoms with Crippen molar-refractivity contribution in [2.75, 3.05) is 25.5 Å². The highest BCUT2D eigenvalue weighted by Crippen LogP contribution is 2.38. The summed E-state index contributed by atoms with van der Waals surface area (Å²) in [7, 11) is 1.61. The molecule has 0 atom stereocenters. The number of aromatic nitrogens is 2. The van der Waals surface area contributed by atoms with Crippen LogP contribution in [0.25, 0.3) is 21.7 Å². The number of fused-ring (bicyclic) bond motifs is 2. The summed E-state index contributed by atoms with van der Waals surface area (Å²) in [5.41, 5.74) is 1.47. The fourth-order valence-corrected chi connectivity index (χ4v) is 4.66. The molecule has 0 radical (unpaired) electrons. The highest BCUT2D eigenvalue weighted by molar-refractivity contribution is 6.38. The van der Waals surface area contributed by atoms with Crippen LogP contribution in [0.15, 0.2) is 67.5 Å². The summed E-state index contributed by atoms with van der Waals surface area (Å²) in [4.78, 5) is 22.6. The minimum Gasteiger partial charge on any atom is -0.493 e. The van der Waals surface area contributed by atoms with Crippen LogP contribution in [0.3, 0.4) is 0 Å². The van der Waals surface area contributed by atoms with Crippen LogP contribution < -0.4 is 14.8 Å². The van der Waals surface area contributed by atoms with Crippen LogP contribution in [0.5, 0.6) is 11.5 Å². The number of ether oxygens (including phenoxy) is 2. The number of likely N-dealkylation sites (tertiary alicyclic amines) is 1. The minimum atomic E-state index is -0.0491. The summed E-state index contributed by atoms with van der Waals surface area (Å²) in [6, 6.07) is 15.7.